The minimum Gasteiger partial charge on any atom is -0.234 e. The SMILES string of the molecule is Cc1cc(C)c(C)c(-c2ccc3ncc(Br)n3n2)c1C. The van der Waals surface area contributed by atoms with Crippen LogP contribution in [-0.4, -0.2) is 14.6 Å². The maximum atomic E-state index is 4.72. The summed E-state index contributed by atoms with van der Waals surface area (Å²) in [6.45, 7) is 8.62. The molecule has 20 heavy (non-hydrogen) atoms. The molecule has 0 radical (unpaired) electrons. The predicted molar refractivity (Wildman–Crippen MR) is 85.1 cm³/mol. The molecule has 2 aromatic heterocycles. The molecule has 0 aliphatic rings. The van der Waals surface area contributed by atoms with E-state index in [0.717, 1.165) is 15.9 Å². The molecule has 3 rings (SSSR count). The van der Waals surface area contributed by atoms with Crippen LogP contribution in [0.4, 0.5) is 0 Å². The van der Waals surface area contributed by atoms with Crippen molar-refractivity contribution >= 4 is 21.6 Å². The molecule has 3 aromatic rings. The van der Waals surface area contributed by atoms with Crippen molar-refractivity contribution < 1.29 is 0 Å². The first-order chi connectivity index (χ1) is 9.49. The zero-order valence-corrected chi connectivity index (χ0v) is 13.6. The third-order valence-corrected chi connectivity index (χ3v) is 4.48. The second-order valence-electron chi connectivity index (χ2n) is 5.20. The molecule has 0 aliphatic heterocycles. The molecule has 0 atom stereocenters. The van der Waals surface area contributed by atoms with Crippen molar-refractivity contribution in [2.45, 2.75) is 27.7 Å². The van der Waals surface area contributed by atoms with Crippen molar-refractivity contribution in [3.63, 3.8) is 0 Å². The number of rotatable bonds is 1. The predicted octanol–water partition coefficient (Wildman–Crippen LogP) is 4.39. The number of benzene rings is 1. The molecular weight excluding hydrogens is 314 g/mol. The Balaban J connectivity index is 2.33. The average molecular weight is 330 g/mol. The van der Waals surface area contributed by atoms with Crippen LogP contribution in [0.1, 0.15) is 22.3 Å². The standard InChI is InChI=1S/C16H16BrN3/c1-9-7-10(2)12(4)16(11(9)3)13-5-6-15-18-8-14(17)20(15)19-13/h5-8H,1-4H3. The molecular formula is C16H16BrN3. The van der Waals surface area contributed by atoms with Gasteiger partial charge in [-0.05, 0) is 78.0 Å². The Morgan fingerprint density at radius 2 is 1.65 bits per heavy atom. The second kappa shape index (κ2) is 4.70. The van der Waals surface area contributed by atoms with E-state index in [1.54, 1.807) is 6.20 Å². The van der Waals surface area contributed by atoms with Gasteiger partial charge in [-0.2, -0.15) is 5.10 Å². The maximum absolute atomic E-state index is 4.72. The van der Waals surface area contributed by atoms with Crippen LogP contribution in [0.25, 0.3) is 16.9 Å². The van der Waals surface area contributed by atoms with E-state index in [-0.39, 0.29) is 0 Å². The zero-order valence-electron chi connectivity index (χ0n) is 12.0. The van der Waals surface area contributed by atoms with Gasteiger partial charge in [0, 0.05) is 5.56 Å². The molecule has 2 heterocycles. The summed E-state index contributed by atoms with van der Waals surface area (Å²) < 4.78 is 2.69. The van der Waals surface area contributed by atoms with Crippen molar-refractivity contribution in [3.05, 3.63) is 51.3 Å². The normalized spacial score (nSPS) is 11.2. The second-order valence-corrected chi connectivity index (χ2v) is 6.02. The summed E-state index contributed by atoms with van der Waals surface area (Å²) in [5.74, 6) is 0. The number of halogens is 1. The summed E-state index contributed by atoms with van der Waals surface area (Å²) in [5.41, 5.74) is 8.24. The Morgan fingerprint density at radius 3 is 2.30 bits per heavy atom. The van der Waals surface area contributed by atoms with Crippen LogP contribution in [0.5, 0.6) is 0 Å². The molecule has 0 bridgehead atoms. The van der Waals surface area contributed by atoms with Crippen molar-refractivity contribution in [2.24, 2.45) is 0 Å². The Morgan fingerprint density at radius 1 is 1.00 bits per heavy atom. The highest BCUT2D eigenvalue weighted by Crippen LogP contribution is 2.30. The quantitative estimate of drug-likeness (QED) is 0.662. The third-order valence-electron chi connectivity index (χ3n) is 3.94. The molecule has 0 fully saturated rings. The molecule has 102 valence electrons. The average Bonchev–Trinajstić information content (AvgIpc) is 2.79. The van der Waals surface area contributed by atoms with Gasteiger partial charge >= 0.3 is 0 Å². The van der Waals surface area contributed by atoms with Crippen LogP contribution < -0.4 is 0 Å². The highest BCUT2D eigenvalue weighted by Gasteiger charge is 2.13. The van der Waals surface area contributed by atoms with Gasteiger partial charge in [-0.3, -0.25) is 0 Å². The first kappa shape index (κ1) is 13.3. The highest BCUT2D eigenvalue weighted by molar-refractivity contribution is 9.10. The van der Waals surface area contributed by atoms with Crippen LogP contribution in [0.3, 0.4) is 0 Å². The third kappa shape index (κ3) is 1.95. The molecule has 0 N–H and O–H groups in total. The van der Waals surface area contributed by atoms with Gasteiger partial charge in [0.25, 0.3) is 0 Å². The monoisotopic (exact) mass is 329 g/mol. The van der Waals surface area contributed by atoms with Gasteiger partial charge in [-0.25, -0.2) is 9.50 Å². The fourth-order valence-corrected chi connectivity index (χ4v) is 2.94. The molecule has 0 amide bonds. The fraction of sp³-hybridized carbons (Fsp3) is 0.250. The summed E-state index contributed by atoms with van der Waals surface area (Å²) in [6.07, 6.45) is 1.77. The Kier molecular flexibility index (Phi) is 3.13. The van der Waals surface area contributed by atoms with E-state index >= 15 is 0 Å². The summed E-state index contributed by atoms with van der Waals surface area (Å²) in [7, 11) is 0. The summed E-state index contributed by atoms with van der Waals surface area (Å²) >= 11 is 3.48. The topological polar surface area (TPSA) is 30.2 Å². The van der Waals surface area contributed by atoms with Gasteiger partial charge in [-0.15, -0.1) is 0 Å². The lowest BCUT2D eigenvalue weighted by molar-refractivity contribution is 0.919. The molecule has 3 nitrogen and oxygen atoms in total. The molecule has 0 saturated heterocycles. The van der Waals surface area contributed by atoms with Crippen molar-refractivity contribution in [2.75, 3.05) is 0 Å². The van der Waals surface area contributed by atoms with E-state index in [9.17, 15) is 0 Å². The number of hydrogen-bond donors (Lipinski definition) is 0. The van der Waals surface area contributed by atoms with Crippen LogP contribution in [0.2, 0.25) is 0 Å². The minimum absolute atomic E-state index is 0.848. The van der Waals surface area contributed by atoms with E-state index in [0.29, 0.717) is 0 Å². The molecule has 0 unspecified atom stereocenters. The largest absolute Gasteiger partial charge is 0.234 e. The molecule has 0 aliphatic carbocycles. The van der Waals surface area contributed by atoms with Crippen LogP contribution in [-0.2, 0) is 0 Å². The van der Waals surface area contributed by atoms with Gasteiger partial charge in [0.1, 0.15) is 4.60 Å². The van der Waals surface area contributed by atoms with Crippen LogP contribution in [0.15, 0.2) is 29.0 Å². The Bertz CT molecular complexity index is 792. The minimum atomic E-state index is 0.848. The summed E-state index contributed by atoms with van der Waals surface area (Å²) in [6, 6.07) is 6.28. The van der Waals surface area contributed by atoms with E-state index in [4.69, 9.17) is 5.10 Å². The first-order valence-electron chi connectivity index (χ1n) is 6.57. The van der Waals surface area contributed by atoms with Crippen molar-refractivity contribution in [1.82, 2.24) is 14.6 Å². The number of imidazole rings is 1. The summed E-state index contributed by atoms with van der Waals surface area (Å²) in [4.78, 5) is 4.29. The van der Waals surface area contributed by atoms with Crippen LogP contribution in [0, 0.1) is 27.7 Å². The fourth-order valence-electron chi connectivity index (χ4n) is 2.58. The van der Waals surface area contributed by atoms with E-state index in [1.807, 2.05) is 16.6 Å². The Hall–Kier alpha value is -1.68. The van der Waals surface area contributed by atoms with Gasteiger partial charge in [0.2, 0.25) is 0 Å². The van der Waals surface area contributed by atoms with Crippen molar-refractivity contribution in [1.29, 1.82) is 0 Å². The van der Waals surface area contributed by atoms with E-state index in [2.05, 4.69) is 54.7 Å². The maximum Gasteiger partial charge on any atom is 0.154 e. The lowest BCUT2D eigenvalue weighted by Crippen LogP contribution is -2.00. The lowest BCUT2D eigenvalue weighted by Gasteiger charge is -2.15. The molecule has 1 aromatic carbocycles. The van der Waals surface area contributed by atoms with Gasteiger partial charge in [-0.1, -0.05) is 6.07 Å². The van der Waals surface area contributed by atoms with Gasteiger partial charge < -0.3 is 0 Å². The first-order valence-corrected chi connectivity index (χ1v) is 7.36. The number of fused-ring (bicyclic) bond motifs is 1. The smallest absolute Gasteiger partial charge is 0.154 e. The highest BCUT2D eigenvalue weighted by atomic mass is 79.9. The Labute approximate surface area is 126 Å². The number of nitrogens with zero attached hydrogens (tertiary/aromatic N) is 3. The number of aromatic nitrogens is 3. The van der Waals surface area contributed by atoms with Gasteiger partial charge in [0.05, 0.1) is 11.9 Å². The number of hydrogen-bond acceptors (Lipinski definition) is 2. The summed E-state index contributed by atoms with van der Waals surface area (Å²) in [5, 5.41) is 4.72. The molecule has 0 saturated carbocycles. The van der Waals surface area contributed by atoms with E-state index < -0.39 is 0 Å². The molecule has 4 heteroatoms. The zero-order chi connectivity index (χ0) is 14.4. The van der Waals surface area contributed by atoms with Gasteiger partial charge in [0.15, 0.2) is 5.65 Å². The van der Waals surface area contributed by atoms with Crippen LogP contribution >= 0.6 is 15.9 Å². The van der Waals surface area contributed by atoms with Crippen molar-refractivity contribution in [3.8, 4) is 11.3 Å². The lowest BCUT2D eigenvalue weighted by atomic mass is 9.92. The van der Waals surface area contributed by atoms with E-state index in [1.165, 1.54) is 27.8 Å². The number of aryl methyl sites for hydroxylation is 2. The molecule has 0 spiro atoms.